The Bertz CT molecular complexity index is 1650. The van der Waals surface area contributed by atoms with Gasteiger partial charge in [0.1, 0.15) is 24.2 Å². The molecule has 47 heavy (non-hydrogen) atoms. The zero-order valence-corrected chi connectivity index (χ0v) is 29.2. The second kappa shape index (κ2) is 13.0. The van der Waals surface area contributed by atoms with E-state index in [4.69, 9.17) is 16.3 Å². The van der Waals surface area contributed by atoms with Crippen LogP contribution in [0.5, 0.6) is 5.75 Å². The number of hydrogen-bond acceptors (Lipinski definition) is 6. The lowest BCUT2D eigenvalue weighted by Gasteiger charge is -2.65. The quantitative estimate of drug-likeness (QED) is 0.269. The number of benzene rings is 2. The molecule has 0 unspecified atom stereocenters. The van der Waals surface area contributed by atoms with Gasteiger partial charge in [-0.05, 0) is 47.2 Å². The van der Waals surface area contributed by atoms with Crippen molar-refractivity contribution in [3.8, 4) is 23.7 Å². The van der Waals surface area contributed by atoms with Gasteiger partial charge in [0.25, 0.3) is 5.91 Å². The van der Waals surface area contributed by atoms with Crippen LogP contribution in [-0.2, 0) is 16.1 Å². The van der Waals surface area contributed by atoms with Crippen LogP contribution in [0, 0.1) is 45.3 Å². The molecule has 3 aliphatic rings. The van der Waals surface area contributed by atoms with Crippen molar-refractivity contribution in [1.29, 1.82) is 5.26 Å². The first-order valence-electron chi connectivity index (χ1n) is 16.3. The Kier molecular flexibility index (Phi) is 9.52. The molecule has 0 radical (unpaired) electrons. The van der Waals surface area contributed by atoms with E-state index in [-0.39, 0.29) is 40.2 Å². The third-order valence-corrected chi connectivity index (χ3v) is 10.3. The van der Waals surface area contributed by atoms with E-state index in [1.165, 1.54) is 0 Å². The Morgan fingerprint density at radius 3 is 2.47 bits per heavy atom. The molecule has 2 aromatic rings. The fourth-order valence-electron chi connectivity index (χ4n) is 7.89. The fraction of sp³-hybridized carbons (Fsp3) is 0.526. The first-order chi connectivity index (χ1) is 22.1. The van der Waals surface area contributed by atoms with Crippen molar-refractivity contribution in [3.63, 3.8) is 0 Å². The van der Waals surface area contributed by atoms with E-state index in [0.29, 0.717) is 41.8 Å². The van der Waals surface area contributed by atoms with E-state index < -0.39 is 6.04 Å². The number of halogens is 1. The van der Waals surface area contributed by atoms with E-state index in [9.17, 15) is 19.6 Å². The number of carbonyl (C=O) groups is 3. The summed E-state index contributed by atoms with van der Waals surface area (Å²) in [5.74, 6) is 7.64. The summed E-state index contributed by atoms with van der Waals surface area (Å²) in [6.07, 6.45) is 1.80. The summed E-state index contributed by atoms with van der Waals surface area (Å²) in [4.78, 5) is 41.5. The van der Waals surface area contributed by atoms with Crippen molar-refractivity contribution in [2.75, 3.05) is 19.6 Å². The van der Waals surface area contributed by atoms with Crippen molar-refractivity contribution in [2.45, 2.75) is 86.0 Å². The van der Waals surface area contributed by atoms with Gasteiger partial charge in [-0.15, -0.1) is 0 Å². The standard InChI is InChI=1S/C38H45ClN4O4/c1-36(2,3)31(23-44)41-32(45)15-16-42-20-25(21-42)10-8-9-24-11-14-29-27(17-24)22-43(33(29)46)34-37(4,5)35(38(34,6)7)47-28-13-12-26(19-40)30(39)18-28/h11-14,17-18,23,25,31,34-35H,10,15-16,20-22H2,1-7H3,(H,41,45)/t31-,34-,35-/m1/s1. The van der Waals surface area contributed by atoms with E-state index in [2.05, 4.69) is 55.8 Å². The van der Waals surface area contributed by atoms with Crippen molar-refractivity contribution in [2.24, 2.45) is 22.2 Å². The van der Waals surface area contributed by atoms with Gasteiger partial charge in [0.15, 0.2) is 0 Å². The highest BCUT2D eigenvalue weighted by atomic mass is 35.5. The van der Waals surface area contributed by atoms with Crippen LogP contribution in [-0.4, -0.2) is 65.7 Å². The van der Waals surface area contributed by atoms with E-state index in [0.717, 1.165) is 42.5 Å². The van der Waals surface area contributed by atoms with Crippen molar-refractivity contribution < 1.29 is 19.1 Å². The summed E-state index contributed by atoms with van der Waals surface area (Å²) < 4.78 is 6.44. The molecule has 1 N–H and O–H groups in total. The number of likely N-dealkylation sites (tertiary alicyclic amines) is 1. The molecule has 248 valence electrons. The SMILES string of the molecule is CC(C)(C)[C@@H](C=O)NC(=O)CCN1CC(CC#Cc2ccc3c(c2)CN([C@H]2C(C)(C)[C@H](Oc4ccc(C#N)c(Cl)c4)C2(C)C)C3=O)C1. The van der Waals surface area contributed by atoms with Crippen LogP contribution in [0.3, 0.4) is 0 Å². The molecule has 2 fully saturated rings. The van der Waals surface area contributed by atoms with Crippen molar-refractivity contribution >= 4 is 29.7 Å². The van der Waals surface area contributed by atoms with Crippen LogP contribution in [0.15, 0.2) is 36.4 Å². The molecule has 0 bridgehead atoms. The summed E-state index contributed by atoms with van der Waals surface area (Å²) in [5, 5.41) is 12.4. The number of nitriles is 1. The van der Waals surface area contributed by atoms with E-state index >= 15 is 0 Å². The molecule has 9 heteroatoms. The summed E-state index contributed by atoms with van der Waals surface area (Å²) in [6.45, 7) is 17.4. The Labute approximate surface area is 283 Å². The van der Waals surface area contributed by atoms with Crippen LogP contribution in [0.2, 0.25) is 5.02 Å². The monoisotopic (exact) mass is 656 g/mol. The molecule has 2 aliphatic heterocycles. The van der Waals surface area contributed by atoms with Gasteiger partial charge in [0.2, 0.25) is 5.91 Å². The molecule has 1 saturated carbocycles. The minimum Gasteiger partial charge on any atom is -0.489 e. The number of carbonyl (C=O) groups excluding carboxylic acids is 3. The number of fused-ring (bicyclic) bond motifs is 1. The first-order valence-corrected chi connectivity index (χ1v) is 16.7. The normalized spacial score (nSPS) is 22.1. The highest BCUT2D eigenvalue weighted by molar-refractivity contribution is 6.31. The van der Waals surface area contributed by atoms with Gasteiger partial charge in [-0.2, -0.15) is 5.26 Å². The average molecular weight is 657 g/mol. The molecule has 0 spiro atoms. The zero-order chi connectivity index (χ0) is 34.3. The summed E-state index contributed by atoms with van der Waals surface area (Å²) in [5.41, 5.74) is 2.08. The Morgan fingerprint density at radius 2 is 1.85 bits per heavy atom. The Morgan fingerprint density at radius 1 is 1.15 bits per heavy atom. The van der Waals surface area contributed by atoms with Crippen LogP contribution < -0.4 is 10.1 Å². The maximum Gasteiger partial charge on any atom is 0.254 e. The molecule has 0 aromatic heterocycles. The van der Waals surface area contributed by atoms with Crippen molar-refractivity contribution in [3.05, 3.63) is 63.7 Å². The molecule has 2 aromatic carbocycles. The van der Waals surface area contributed by atoms with Crippen molar-refractivity contribution in [1.82, 2.24) is 15.1 Å². The molecular weight excluding hydrogens is 612 g/mol. The average Bonchev–Trinajstić information content (AvgIpc) is 3.28. The lowest BCUT2D eigenvalue weighted by Crippen LogP contribution is -2.74. The number of nitrogens with one attached hydrogen (secondary N) is 1. The number of aldehydes is 1. The lowest BCUT2D eigenvalue weighted by molar-refractivity contribution is -0.199. The number of amides is 2. The van der Waals surface area contributed by atoms with Gasteiger partial charge in [0, 0.05) is 73.1 Å². The summed E-state index contributed by atoms with van der Waals surface area (Å²) >= 11 is 6.26. The van der Waals surface area contributed by atoms with Gasteiger partial charge < -0.3 is 24.6 Å². The van der Waals surface area contributed by atoms with Gasteiger partial charge in [0.05, 0.1) is 16.6 Å². The largest absolute Gasteiger partial charge is 0.489 e. The third-order valence-electron chi connectivity index (χ3n) is 10.0. The van der Waals surface area contributed by atoms with Gasteiger partial charge in [-0.3, -0.25) is 9.59 Å². The number of rotatable bonds is 9. The highest BCUT2D eigenvalue weighted by Crippen LogP contribution is 2.59. The zero-order valence-electron chi connectivity index (χ0n) is 28.4. The minimum atomic E-state index is -0.486. The second-order valence-corrected chi connectivity index (χ2v) is 15.9. The van der Waals surface area contributed by atoms with Crippen LogP contribution >= 0.6 is 11.6 Å². The molecule has 1 atom stereocenters. The summed E-state index contributed by atoms with van der Waals surface area (Å²) in [6, 6.07) is 12.5. The minimum absolute atomic E-state index is 0.0360. The Hall–Kier alpha value is -3.85. The van der Waals surface area contributed by atoms with Gasteiger partial charge >= 0.3 is 0 Å². The predicted molar refractivity (Wildman–Crippen MR) is 182 cm³/mol. The lowest BCUT2D eigenvalue weighted by atomic mass is 9.49. The van der Waals surface area contributed by atoms with Gasteiger partial charge in [-0.25, -0.2) is 0 Å². The molecular formula is C38H45ClN4O4. The molecule has 5 rings (SSSR count). The summed E-state index contributed by atoms with van der Waals surface area (Å²) in [7, 11) is 0. The van der Waals surface area contributed by atoms with Crippen LogP contribution in [0.1, 0.15) is 88.4 Å². The second-order valence-electron chi connectivity index (χ2n) is 15.5. The smallest absolute Gasteiger partial charge is 0.254 e. The molecule has 8 nitrogen and oxygen atoms in total. The third kappa shape index (κ3) is 6.91. The molecule has 1 saturated heterocycles. The maximum absolute atomic E-state index is 13.6. The van der Waals surface area contributed by atoms with Gasteiger partial charge in [-0.1, -0.05) is 71.9 Å². The van der Waals surface area contributed by atoms with Crippen LogP contribution in [0.4, 0.5) is 0 Å². The van der Waals surface area contributed by atoms with Crippen LogP contribution in [0.25, 0.3) is 0 Å². The maximum atomic E-state index is 13.6. The molecule has 2 heterocycles. The fourth-order valence-corrected chi connectivity index (χ4v) is 8.10. The molecule has 2 amide bonds. The number of ether oxygens (including phenoxy) is 1. The first kappa shape index (κ1) is 34.5. The number of nitrogens with zero attached hydrogens (tertiary/aromatic N) is 3. The highest BCUT2D eigenvalue weighted by Gasteiger charge is 2.67. The Balaban J connectivity index is 1.13. The molecule has 1 aliphatic carbocycles. The van der Waals surface area contributed by atoms with E-state index in [1.54, 1.807) is 18.2 Å². The topological polar surface area (TPSA) is 103 Å². The predicted octanol–water partition coefficient (Wildman–Crippen LogP) is 5.84. The number of hydrogen-bond donors (Lipinski definition) is 1. The van der Waals surface area contributed by atoms with E-state index in [1.807, 2.05) is 43.9 Å².